The highest BCUT2D eigenvalue weighted by Gasteiger charge is 2.30. The van der Waals surface area contributed by atoms with Crippen LogP contribution in [0.5, 0.6) is 0 Å². The van der Waals surface area contributed by atoms with E-state index in [0.29, 0.717) is 28.7 Å². The highest BCUT2D eigenvalue weighted by atomic mass is 32.2. The molecular weight excluding hydrogens is 548 g/mol. The minimum atomic E-state index is -2.67. The molecule has 2 aliphatic rings. The van der Waals surface area contributed by atoms with Crippen molar-refractivity contribution < 1.29 is 23.1 Å². The fraction of sp³-hybridized carbons (Fsp3) is 0.310. The van der Waals surface area contributed by atoms with Crippen LogP contribution in [0.3, 0.4) is 0 Å². The van der Waals surface area contributed by atoms with E-state index in [9.17, 15) is 23.1 Å². The summed E-state index contributed by atoms with van der Waals surface area (Å²) in [5.41, 5.74) is 4.92. The first-order valence-corrected chi connectivity index (χ1v) is 15.4. The topological polar surface area (TPSA) is 122 Å². The Morgan fingerprint density at radius 2 is 1.80 bits per heavy atom. The Morgan fingerprint density at radius 3 is 2.45 bits per heavy atom. The van der Waals surface area contributed by atoms with E-state index in [1.54, 1.807) is 16.8 Å². The van der Waals surface area contributed by atoms with Crippen molar-refractivity contribution >= 4 is 33.9 Å². The van der Waals surface area contributed by atoms with Crippen molar-refractivity contribution in [1.82, 2.24) is 19.7 Å². The summed E-state index contributed by atoms with van der Waals surface area (Å²) >= 11 is 1.23. The molecule has 1 aliphatic heterocycles. The third-order valence-corrected chi connectivity index (χ3v) is 9.00. The molecule has 9 nitrogen and oxygen atoms in total. The number of benzene rings is 2. The zero-order valence-electron chi connectivity index (χ0n) is 21.7. The first-order valence-electron chi connectivity index (χ1n) is 13.3. The number of aromatic nitrogens is 3. The molecule has 2 aromatic carbocycles. The Hall–Kier alpha value is -3.83. The van der Waals surface area contributed by atoms with Crippen molar-refractivity contribution in [1.29, 1.82) is 0 Å². The zero-order chi connectivity index (χ0) is 27.8. The number of hydrogen-bond donors (Lipinski definition) is 2. The summed E-state index contributed by atoms with van der Waals surface area (Å²) in [5.74, 6) is -0.577. The Bertz CT molecular complexity index is 1650. The molecule has 2 fully saturated rings. The lowest BCUT2D eigenvalue weighted by atomic mass is 9.96. The average molecular weight is 577 g/mol. The van der Waals surface area contributed by atoms with Gasteiger partial charge in [0.2, 0.25) is 5.13 Å². The van der Waals surface area contributed by atoms with Gasteiger partial charge in [0.15, 0.2) is 16.4 Å². The maximum Gasteiger partial charge on any atom is 0.355 e. The van der Waals surface area contributed by atoms with Crippen LogP contribution < -0.4 is 0 Å². The number of nitrogens with zero attached hydrogens (tertiary/aromatic N) is 4. The molecule has 40 heavy (non-hydrogen) atoms. The second-order valence-corrected chi connectivity index (χ2v) is 12.2. The maximum absolute atomic E-state index is 13.2. The lowest BCUT2D eigenvalue weighted by molar-refractivity contribution is 0.0690. The molecule has 206 valence electrons. The predicted molar refractivity (Wildman–Crippen MR) is 151 cm³/mol. The van der Waals surface area contributed by atoms with E-state index in [2.05, 4.69) is 4.98 Å². The fourth-order valence-corrected chi connectivity index (χ4v) is 6.33. The van der Waals surface area contributed by atoms with Gasteiger partial charge in [0.25, 0.3) is 5.91 Å². The zero-order valence-corrected chi connectivity index (χ0v) is 23.4. The van der Waals surface area contributed by atoms with Crippen LogP contribution in [0.1, 0.15) is 63.4 Å². The average Bonchev–Trinajstić information content (AvgIpc) is 3.33. The first kappa shape index (κ1) is 26.4. The van der Waals surface area contributed by atoms with E-state index in [1.807, 2.05) is 41.3 Å². The minimum Gasteiger partial charge on any atom is -0.476 e. The Morgan fingerprint density at radius 1 is 1.05 bits per heavy atom. The van der Waals surface area contributed by atoms with Crippen LogP contribution >= 0.6 is 11.3 Å². The summed E-state index contributed by atoms with van der Waals surface area (Å²) < 4.78 is 24.6. The van der Waals surface area contributed by atoms with Gasteiger partial charge < -0.3 is 10.0 Å². The van der Waals surface area contributed by atoms with E-state index in [0.717, 1.165) is 67.6 Å². The van der Waals surface area contributed by atoms with Crippen molar-refractivity contribution in [2.45, 2.75) is 43.4 Å². The molecule has 0 atom stereocenters. The van der Waals surface area contributed by atoms with Crippen molar-refractivity contribution in [3.63, 3.8) is 0 Å². The molecule has 1 aliphatic carbocycles. The number of aromatic carboxylic acids is 1. The fourth-order valence-electron chi connectivity index (χ4n) is 5.17. The number of amides is 1. The first-order chi connectivity index (χ1) is 19.4. The summed E-state index contributed by atoms with van der Waals surface area (Å²) in [4.78, 5) is 31.2. The standard InChI is InChI=1S/C29H28N4O5S2/c34-27(32-12-1-2-13-32)21-5-3-4-20(16-21)26-23(14-18-8-10-22(11-9-18)40(37)38)25(15-19-6-7-19)33(31-26)29-30-24(17-39-29)28(35)36/h3-5,8-11,16-17,19,40H,1-2,6-7,12-15H2,(H,35,36). The molecule has 1 N–H and O–H groups in total. The minimum absolute atomic E-state index is 0.00636. The highest BCUT2D eigenvalue weighted by Crippen LogP contribution is 2.38. The normalized spacial score (nSPS) is 15.2. The molecule has 3 heterocycles. The Balaban J connectivity index is 1.48. The smallest absolute Gasteiger partial charge is 0.355 e. The van der Waals surface area contributed by atoms with E-state index in [-0.39, 0.29) is 16.5 Å². The second-order valence-electron chi connectivity index (χ2n) is 10.3. The summed E-state index contributed by atoms with van der Waals surface area (Å²) in [6.45, 7) is 1.52. The van der Waals surface area contributed by atoms with E-state index < -0.39 is 16.7 Å². The van der Waals surface area contributed by atoms with Crippen LogP contribution in [0.2, 0.25) is 0 Å². The van der Waals surface area contributed by atoms with Crippen LogP contribution in [-0.2, 0) is 23.5 Å². The molecule has 0 spiro atoms. The summed E-state index contributed by atoms with van der Waals surface area (Å²) in [6.07, 6.45) is 5.51. The third-order valence-electron chi connectivity index (χ3n) is 7.47. The molecule has 0 radical (unpaired) electrons. The highest BCUT2D eigenvalue weighted by molar-refractivity contribution is 7.72. The van der Waals surface area contributed by atoms with Crippen LogP contribution in [0.15, 0.2) is 58.8 Å². The number of hydrogen-bond acceptors (Lipinski definition) is 7. The molecular formula is C29H28N4O5S2. The van der Waals surface area contributed by atoms with Gasteiger partial charge in [0, 0.05) is 41.6 Å². The van der Waals surface area contributed by atoms with Gasteiger partial charge in [-0.2, -0.15) is 5.10 Å². The molecule has 1 saturated carbocycles. The van der Waals surface area contributed by atoms with Gasteiger partial charge in [-0.1, -0.05) is 24.3 Å². The largest absolute Gasteiger partial charge is 0.476 e. The Kier molecular flexibility index (Phi) is 7.24. The maximum atomic E-state index is 13.2. The number of likely N-dealkylation sites (tertiary alicyclic amines) is 1. The molecule has 0 unspecified atom stereocenters. The van der Waals surface area contributed by atoms with Crippen LogP contribution in [0, 0.1) is 5.92 Å². The summed E-state index contributed by atoms with van der Waals surface area (Å²) in [7, 11) is -2.67. The van der Waals surface area contributed by atoms with E-state index in [1.165, 1.54) is 16.7 Å². The predicted octanol–water partition coefficient (Wildman–Crippen LogP) is 4.44. The molecule has 1 saturated heterocycles. The van der Waals surface area contributed by atoms with Crippen molar-refractivity contribution in [2.24, 2.45) is 5.92 Å². The van der Waals surface area contributed by atoms with Crippen molar-refractivity contribution in [3.05, 3.63) is 82.0 Å². The molecule has 2 aromatic heterocycles. The molecule has 6 rings (SSSR count). The summed E-state index contributed by atoms with van der Waals surface area (Å²) in [5, 5.41) is 16.5. The number of carbonyl (C=O) groups excluding carboxylic acids is 1. The number of rotatable bonds is 9. The van der Waals surface area contributed by atoms with Gasteiger partial charge >= 0.3 is 5.97 Å². The Labute approximate surface area is 237 Å². The van der Waals surface area contributed by atoms with Gasteiger partial charge in [0.1, 0.15) is 0 Å². The van der Waals surface area contributed by atoms with Crippen molar-refractivity contribution in [3.8, 4) is 16.4 Å². The quantitative estimate of drug-likeness (QED) is 0.283. The van der Waals surface area contributed by atoms with Crippen LogP contribution in [0.25, 0.3) is 16.4 Å². The lowest BCUT2D eigenvalue weighted by Crippen LogP contribution is -2.27. The number of carboxylic acid groups (broad SMARTS) is 1. The molecule has 11 heteroatoms. The van der Waals surface area contributed by atoms with Crippen LogP contribution in [-0.4, -0.2) is 58.2 Å². The third kappa shape index (κ3) is 5.44. The SMILES string of the molecule is O=C(O)c1csc(-n2nc(-c3cccc(C(=O)N4CCCC4)c3)c(Cc3ccc([SH](=O)=O)cc3)c2CC2CC2)n1. The number of thiazole rings is 1. The molecule has 0 bridgehead atoms. The monoisotopic (exact) mass is 576 g/mol. The van der Waals surface area contributed by atoms with Gasteiger partial charge in [-0.25, -0.2) is 22.9 Å². The number of carbonyl (C=O) groups is 2. The number of thiol groups is 1. The molecule has 4 aromatic rings. The number of carboxylic acids is 1. The van der Waals surface area contributed by atoms with Crippen LogP contribution in [0.4, 0.5) is 0 Å². The van der Waals surface area contributed by atoms with E-state index >= 15 is 0 Å². The summed E-state index contributed by atoms with van der Waals surface area (Å²) in [6, 6.07) is 14.3. The van der Waals surface area contributed by atoms with Gasteiger partial charge in [-0.05, 0) is 67.9 Å². The van der Waals surface area contributed by atoms with Gasteiger partial charge in [0.05, 0.1) is 16.3 Å². The van der Waals surface area contributed by atoms with Gasteiger partial charge in [-0.15, -0.1) is 11.3 Å². The van der Waals surface area contributed by atoms with Gasteiger partial charge in [-0.3, -0.25) is 4.79 Å². The van der Waals surface area contributed by atoms with Crippen molar-refractivity contribution in [2.75, 3.05) is 13.1 Å². The second kappa shape index (κ2) is 11.0. The lowest BCUT2D eigenvalue weighted by Gasteiger charge is -2.15. The molecule has 1 amide bonds. The van der Waals surface area contributed by atoms with E-state index in [4.69, 9.17) is 5.10 Å².